The SMILES string of the molecule is COC(=O)C1CC(OCC2OC(C(C)C)C(O)C(O)C2O)C(OC2OC(CO)C(O)C(O)C2O)CC1C(=O)OC. The van der Waals surface area contributed by atoms with E-state index < -0.39 is 104 Å². The lowest BCUT2D eigenvalue weighted by Gasteiger charge is -2.45. The smallest absolute Gasteiger partial charge is 0.309 e. The standard InChI is InChI=1S/C25H42O15/c1-9(2)22-20(31)18(29)17(28)15(38-22)8-37-12-5-10(23(33)35-3)11(24(34)36-4)6-13(12)39-25-21(32)19(30)16(27)14(7-26)40-25/h9-22,25-32H,5-8H2,1-4H3. The summed E-state index contributed by atoms with van der Waals surface area (Å²) in [5.41, 5.74) is 0. The van der Waals surface area contributed by atoms with E-state index in [-0.39, 0.29) is 25.4 Å². The van der Waals surface area contributed by atoms with E-state index in [1.54, 1.807) is 13.8 Å². The van der Waals surface area contributed by atoms with Gasteiger partial charge in [-0.15, -0.1) is 0 Å². The molecule has 0 aromatic carbocycles. The summed E-state index contributed by atoms with van der Waals surface area (Å²) in [4.78, 5) is 25.2. The van der Waals surface area contributed by atoms with Crippen molar-refractivity contribution in [3.8, 4) is 0 Å². The number of methoxy groups -OCH3 is 2. The van der Waals surface area contributed by atoms with Crippen molar-refractivity contribution >= 4 is 11.9 Å². The predicted molar refractivity (Wildman–Crippen MR) is 130 cm³/mol. The summed E-state index contributed by atoms with van der Waals surface area (Å²) < 4.78 is 33.0. The Morgan fingerprint density at radius 2 is 1.27 bits per heavy atom. The molecule has 0 aromatic rings. The van der Waals surface area contributed by atoms with Gasteiger partial charge < -0.3 is 64.2 Å². The number of rotatable bonds is 9. The number of ether oxygens (including phenoxy) is 6. The number of aliphatic hydroxyl groups excluding tert-OH is 7. The Labute approximate surface area is 231 Å². The quantitative estimate of drug-likeness (QED) is 0.130. The fraction of sp³-hybridized carbons (Fsp3) is 0.920. The van der Waals surface area contributed by atoms with Gasteiger partial charge in [-0.1, -0.05) is 13.8 Å². The first-order valence-corrected chi connectivity index (χ1v) is 13.3. The van der Waals surface area contributed by atoms with Gasteiger partial charge in [0.25, 0.3) is 0 Å². The van der Waals surface area contributed by atoms with Crippen LogP contribution < -0.4 is 0 Å². The summed E-state index contributed by atoms with van der Waals surface area (Å²) >= 11 is 0. The van der Waals surface area contributed by atoms with Gasteiger partial charge in [0.1, 0.15) is 48.8 Å². The van der Waals surface area contributed by atoms with Crippen molar-refractivity contribution in [3.05, 3.63) is 0 Å². The minimum Gasteiger partial charge on any atom is -0.469 e. The number of carbonyl (C=O) groups is 2. The topological polar surface area (TPSA) is 231 Å². The van der Waals surface area contributed by atoms with Crippen molar-refractivity contribution < 1.29 is 73.8 Å². The lowest BCUT2D eigenvalue weighted by Crippen LogP contribution is -2.61. The Morgan fingerprint density at radius 3 is 1.80 bits per heavy atom. The third kappa shape index (κ3) is 6.93. The molecule has 0 spiro atoms. The average molecular weight is 583 g/mol. The zero-order valence-corrected chi connectivity index (χ0v) is 22.9. The summed E-state index contributed by atoms with van der Waals surface area (Å²) in [7, 11) is 2.31. The van der Waals surface area contributed by atoms with E-state index in [2.05, 4.69) is 0 Å². The van der Waals surface area contributed by atoms with Gasteiger partial charge in [-0.25, -0.2) is 0 Å². The van der Waals surface area contributed by atoms with Crippen LogP contribution in [-0.2, 0) is 38.0 Å². The minimum absolute atomic E-state index is 0.129. The van der Waals surface area contributed by atoms with E-state index in [0.29, 0.717) is 0 Å². The molecule has 3 aliphatic rings. The summed E-state index contributed by atoms with van der Waals surface area (Å²) in [5.74, 6) is -3.68. The molecule has 2 heterocycles. The lowest BCUT2D eigenvalue weighted by atomic mass is 9.76. The van der Waals surface area contributed by atoms with Crippen molar-refractivity contribution in [1.29, 1.82) is 0 Å². The maximum atomic E-state index is 12.6. The van der Waals surface area contributed by atoms with Crippen molar-refractivity contribution in [1.82, 2.24) is 0 Å². The van der Waals surface area contributed by atoms with Crippen LogP contribution in [0.15, 0.2) is 0 Å². The van der Waals surface area contributed by atoms with Gasteiger partial charge in [0.2, 0.25) is 0 Å². The van der Waals surface area contributed by atoms with Crippen molar-refractivity contribution in [2.45, 2.75) is 100 Å². The highest BCUT2D eigenvalue weighted by Crippen LogP contribution is 2.38. The average Bonchev–Trinajstić information content (AvgIpc) is 2.94. The van der Waals surface area contributed by atoms with Crippen molar-refractivity contribution in [2.75, 3.05) is 27.4 Å². The zero-order valence-electron chi connectivity index (χ0n) is 22.9. The summed E-state index contributed by atoms with van der Waals surface area (Å²) in [6, 6.07) is 0. The first-order valence-electron chi connectivity index (χ1n) is 13.3. The van der Waals surface area contributed by atoms with Crippen LogP contribution in [0.3, 0.4) is 0 Å². The molecule has 3 fully saturated rings. The number of carbonyl (C=O) groups excluding carboxylic acids is 2. The molecule has 0 bridgehead atoms. The molecular weight excluding hydrogens is 540 g/mol. The molecule has 0 aromatic heterocycles. The van der Waals surface area contributed by atoms with Crippen LogP contribution in [0.5, 0.6) is 0 Å². The molecule has 0 radical (unpaired) electrons. The Balaban J connectivity index is 1.84. The highest BCUT2D eigenvalue weighted by molar-refractivity contribution is 5.82. The molecule has 232 valence electrons. The number of hydrogen-bond acceptors (Lipinski definition) is 15. The fourth-order valence-corrected chi connectivity index (χ4v) is 5.51. The van der Waals surface area contributed by atoms with E-state index in [0.717, 1.165) is 14.2 Å². The third-order valence-corrected chi connectivity index (χ3v) is 7.92. The van der Waals surface area contributed by atoms with Crippen LogP contribution in [0, 0.1) is 17.8 Å². The molecule has 40 heavy (non-hydrogen) atoms. The first kappa shape index (κ1) is 33.0. The van der Waals surface area contributed by atoms with Crippen molar-refractivity contribution in [2.24, 2.45) is 17.8 Å². The van der Waals surface area contributed by atoms with Crippen LogP contribution in [0.2, 0.25) is 0 Å². The third-order valence-electron chi connectivity index (χ3n) is 7.92. The monoisotopic (exact) mass is 582 g/mol. The normalized spacial score (nSPS) is 44.3. The van der Waals surface area contributed by atoms with E-state index in [1.807, 2.05) is 0 Å². The molecule has 1 aliphatic carbocycles. The van der Waals surface area contributed by atoms with Crippen LogP contribution in [0.25, 0.3) is 0 Å². The first-order chi connectivity index (χ1) is 18.9. The van der Waals surface area contributed by atoms with E-state index >= 15 is 0 Å². The number of esters is 2. The number of hydrogen-bond donors (Lipinski definition) is 7. The predicted octanol–water partition coefficient (Wildman–Crippen LogP) is -3.56. The lowest BCUT2D eigenvalue weighted by molar-refractivity contribution is -0.323. The van der Waals surface area contributed by atoms with Gasteiger partial charge in [-0.2, -0.15) is 0 Å². The molecule has 14 atom stereocenters. The Hall–Kier alpha value is -1.50. The molecular formula is C25H42O15. The molecule has 7 N–H and O–H groups in total. The molecule has 14 unspecified atom stereocenters. The maximum Gasteiger partial charge on any atom is 0.309 e. The van der Waals surface area contributed by atoms with Gasteiger partial charge in [0.15, 0.2) is 6.29 Å². The molecule has 1 saturated carbocycles. The Kier molecular flexibility index (Phi) is 11.6. The van der Waals surface area contributed by atoms with Crippen LogP contribution in [0.4, 0.5) is 0 Å². The van der Waals surface area contributed by atoms with E-state index in [9.17, 15) is 45.3 Å². The van der Waals surface area contributed by atoms with Crippen LogP contribution in [0.1, 0.15) is 26.7 Å². The molecule has 0 amide bonds. The van der Waals surface area contributed by atoms with Gasteiger partial charge in [0, 0.05) is 0 Å². The fourth-order valence-electron chi connectivity index (χ4n) is 5.51. The van der Waals surface area contributed by atoms with Crippen molar-refractivity contribution in [3.63, 3.8) is 0 Å². The molecule has 3 rings (SSSR count). The zero-order chi connectivity index (χ0) is 29.9. The second-order valence-electron chi connectivity index (χ2n) is 10.8. The molecule has 15 nitrogen and oxygen atoms in total. The maximum absolute atomic E-state index is 12.6. The minimum atomic E-state index is -1.74. The highest BCUT2D eigenvalue weighted by Gasteiger charge is 2.51. The van der Waals surface area contributed by atoms with Crippen LogP contribution in [-0.4, -0.2) is 149 Å². The van der Waals surface area contributed by atoms with Gasteiger partial charge in [0.05, 0.1) is 57.6 Å². The molecule has 2 aliphatic heterocycles. The Morgan fingerprint density at radius 1 is 0.750 bits per heavy atom. The molecule has 15 heteroatoms. The van der Waals surface area contributed by atoms with E-state index in [1.165, 1.54) is 0 Å². The second kappa shape index (κ2) is 14.1. The molecule has 2 saturated heterocycles. The van der Waals surface area contributed by atoms with Gasteiger partial charge >= 0.3 is 11.9 Å². The largest absolute Gasteiger partial charge is 0.469 e. The second-order valence-corrected chi connectivity index (χ2v) is 10.8. The van der Waals surface area contributed by atoms with Gasteiger partial charge in [-0.05, 0) is 18.8 Å². The number of aliphatic hydroxyl groups is 7. The highest BCUT2D eigenvalue weighted by atomic mass is 16.7. The van der Waals surface area contributed by atoms with E-state index in [4.69, 9.17) is 28.4 Å². The summed E-state index contributed by atoms with van der Waals surface area (Å²) in [6.07, 6.45) is -16.4. The van der Waals surface area contributed by atoms with Crippen LogP contribution >= 0.6 is 0 Å². The van der Waals surface area contributed by atoms with Gasteiger partial charge in [-0.3, -0.25) is 9.59 Å². The summed E-state index contributed by atoms with van der Waals surface area (Å²) in [5, 5.41) is 71.4. The Bertz CT molecular complexity index is 839. The summed E-state index contributed by atoms with van der Waals surface area (Å²) in [6.45, 7) is 2.54.